The Morgan fingerprint density at radius 3 is 2.43 bits per heavy atom. The molecule has 140 valence electrons. The van der Waals surface area contributed by atoms with Gasteiger partial charge >= 0.3 is 0 Å². The molecule has 6 heteroatoms. The third kappa shape index (κ3) is 3.66. The Bertz CT molecular complexity index is 1010. The summed E-state index contributed by atoms with van der Waals surface area (Å²) in [6, 6.07) is 20.3. The summed E-state index contributed by atoms with van der Waals surface area (Å²) in [6.07, 6.45) is 1.85. The first-order valence-corrected chi connectivity index (χ1v) is 9.26. The first-order chi connectivity index (χ1) is 13.8. The van der Waals surface area contributed by atoms with Crippen LogP contribution in [0.1, 0.15) is 11.4 Å². The number of hydrogen-bond donors (Lipinski definition) is 0. The molecule has 1 aliphatic rings. The molecule has 2 heterocycles. The van der Waals surface area contributed by atoms with Crippen LogP contribution in [0.25, 0.3) is 23.0 Å². The van der Waals surface area contributed by atoms with Crippen LogP contribution in [0.3, 0.4) is 0 Å². The normalized spacial score (nSPS) is 14.7. The van der Waals surface area contributed by atoms with Gasteiger partial charge in [-0.25, -0.2) is 0 Å². The van der Waals surface area contributed by atoms with Gasteiger partial charge in [0.15, 0.2) is 11.6 Å². The van der Waals surface area contributed by atoms with Crippen LogP contribution in [0.2, 0.25) is 0 Å². The van der Waals surface area contributed by atoms with E-state index in [1.165, 1.54) is 5.69 Å². The second-order valence-corrected chi connectivity index (χ2v) is 6.63. The van der Waals surface area contributed by atoms with E-state index >= 15 is 0 Å². The maximum Gasteiger partial charge on any atom is 0.174 e. The van der Waals surface area contributed by atoms with E-state index in [2.05, 4.69) is 33.3 Å². The third-order valence-electron chi connectivity index (χ3n) is 4.85. The number of anilines is 1. The first kappa shape index (κ1) is 18.0. The number of morpholine rings is 1. The molecule has 0 spiro atoms. The van der Waals surface area contributed by atoms with Gasteiger partial charge in [0.1, 0.15) is 6.07 Å². The highest BCUT2D eigenvalue weighted by Gasteiger charge is 2.15. The molecule has 0 bridgehead atoms. The average Bonchev–Trinajstić information content (AvgIpc) is 3.15. The summed E-state index contributed by atoms with van der Waals surface area (Å²) in [6.45, 7) is 3.33. The van der Waals surface area contributed by atoms with Gasteiger partial charge in [-0.2, -0.15) is 5.26 Å². The van der Waals surface area contributed by atoms with E-state index in [4.69, 9.17) is 4.74 Å². The lowest BCUT2D eigenvalue weighted by molar-refractivity contribution is 0.122. The summed E-state index contributed by atoms with van der Waals surface area (Å²) in [5, 5.41) is 18.2. The van der Waals surface area contributed by atoms with Crippen LogP contribution in [0.5, 0.6) is 0 Å². The van der Waals surface area contributed by atoms with Crippen molar-refractivity contribution in [2.24, 2.45) is 7.05 Å². The number of nitrogens with zero attached hydrogens (tertiary/aromatic N) is 5. The fourth-order valence-electron chi connectivity index (χ4n) is 3.32. The second-order valence-electron chi connectivity index (χ2n) is 6.63. The molecule has 0 unspecified atom stereocenters. The van der Waals surface area contributed by atoms with Crippen molar-refractivity contribution in [2.75, 3.05) is 31.2 Å². The fraction of sp³-hybridized carbons (Fsp3) is 0.227. The smallest absolute Gasteiger partial charge is 0.174 e. The van der Waals surface area contributed by atoms with Crippen molar-refractivity contribution in [3.63, 3.8) is 0 Å². The van der Waals surface area contributed by atoms with Crippen molar-refractivity contribution in [3.8, 4) is 17.5 Å². The van der Waals surface area contributed by atoms with Gasteiger partial charge in [-0.15, -0.1) is 10.2 Å². The number of benzene rings is 2. The number of rotatable bonds is 4. The summed E-state index contributed by atoms with van der Waals surface area (Å²) >= 11 is 0. The highest BCUT2D eigenvalue weighted by atomic mass is 16.5. The van der Waals surface area contributed by atoms with E-state index in [1.54, 1.807) is 0 Å². The maximum atomic E-state index is 9.68. The topological polar surface area (TPSA) is 67.0 Å². The van der Waals surface area contributed by atoms with Crippen molar-refractivity contribution >= 4 is 17.3 Å². The maximum absolute atomic E-state index is 9.68. The molecule has 0 saturated carbocycles. The quantitative estimate of drug-likeness (QED) is 0.658. The lowest BCUT2D eigenvalue weighted by Crippen LogP contribution is -2.36. The highest BCUT2D eigenvalue weighted by Crippen LogP contribution is 2.23. The molecule has 4 rings (SSSR count). The summed E-state index contributed by atoms with van der Waals surface area (Å²) in [5.41, 5.74) is 3.58. The predicted octanol–water partition coefficient (Wildman–Crippen LogP) is 3.38. The molecule has 1 aromatic heterocycles. The Hall–Kier alpha value is -3.43. The van der Waals surface area contributed by atoms with Crippen molar-refractivity contribution < 1.29 is 4.74 Å². The Balaban J connectivity index is 1.60. The summed E-state index contributed by atoms with van der Waals surface area (Å²) in [4.78, 5) is 2.30. The second kappa shape index (κ2) is 8.07. The van der Waals surface area contributed by atoms with Crippen molar-refractivity contribution in [1.29, 1.82) is 5.26 Å². The van der Waals surface area contributed by atoms with Gasteiger partial charge in [-0.3, -0.25) is 0 Å². The zero-order valence-electron chi connectivity index (χ0n) is 15.7. The molecule has 28 heavy (non-hydrogen) atoms. The van der Waals surface area contributed by atoms with E-state index in [-0.39, 0.29) is 0 Å². The standard InChI is InChI=1S/C22H21N5O/c1-26-21(18-5-3-2-4-6-18)24-25-22(26)19(16-23)15-17-7-9-20(10-8-17)27-11-13-28-14-12-27/h2-10,15H,11-14H2,1H3. The Morgan fingerprint density at radius 1 is 1.04 bits per heavy atom. The van der Waals surface area contributed by atoms with Gasteiger partial charge < -0.3 is 14.2 Å². The molecule has 0 amide bonds. The molecule has 1 aliphatic heterocycles. The van der Waals surface area contributed by atoms with Crippen LogP contribution in [0, 0.1) is 11.3 Å². The van der Waals surface area contributed by atoms with Gasteiger partial charge in [0.2, 0.25) is 0 Å². The molecular weight excluding hydrogens is 350 g/mol. The number of aromatic nitrogens is 3. The van der Waals surface area contributed by atoms with Crippen molar-refractivity contribution in [3.05, 3.63) is 66.0 Å². The van der Waals surface area contributed by atoms with E-state index in [0.717, 1.165) is 43.3 Å². The Labute approximate surface area is 164 Å². The molecule has 0 radical (unpaired) electrons. The monoisotopic (exact) mass is 371 g/mol. The van der Waals surface area contributed by atoms with E-state index in [1.807, 2.05) is 60.2 Å². The number of nitriles is 1. The minimum Gasteiger partial charge on any atom is -0.378 e. The Morgan fingerprint density at radius 2 is 1.75 bits per heavy atom. The molecule has 2 aromatic carbocycles. The van der Waals surface area contributed by atoms with Crippen molar-refractivity contribution in [1.82, 2.24) is 14.8 Å². The number of ether oxygens (including phenoxy) is 1. The zero-order valence-corrected chi connectivity index (χ0v) is 15.7. The van der Waals surface area contributed by atoms with Gasteiger partial charge in [0.05, 0.1) is 18.8 Å². The number of hydrogen-bond acceptors (Lipinski definition) is 5. The van der Waals surface area contributed by atoms with Gasteiger partial charge in [0, 0.05) is 31.4 Å². The molecule has 1 fully saturated rings. The van der Waals surface area contributed by atoms with Gasteiger partial charge in [-0.05, 0) is 23.8 Å². The lowest BCUT2D eigenvalue weighted by atomic mass is 10.1. The lowest BCUT2D eigenvalue weighted by Gasteiger charge is -2.28. The van der Waals surface area contributed by atoms with Gasteiger partial charge in [0.25, 0.3) is 0 Å². The minimum atomic E-state index is 0.483. The van der Waals surface area contributed by atoms with E-state index < -0.39 is 0 Å². The molecule has 6 nitrogen and oxygen atoms in total. The molecule has 0 aliphatic carbocycles. The molecule has 0 atom stereocenters. The average molecular weight is 371 g/mol. The van der Waals surface area contributed by atoms with Crippen LogP contribution in [0.4, 0.5) is 5.69 Å². The summed E-state index contributed by atoms with van der Waals surface area (Å²) < 4.78 is 7.26. The van der Waals surface area contributed by atoms with Crippen LogP contribution in [-0.4, -0.2) is 41.1 Å². The first-order valence-electron chi connectivity index (χ1n) is 9.26. The van der Waals surface area contributed by atoms with E-state index in [0.29, 0.717) is 11.4 Å². The molecule has 1 saturated heterocycles. The molecule has 0 N–H and O–H groups in total. The predicted molar refractivity (Wildman–Crippen MR) is 109 cm³/mol. The van der Waals surface area contributed by atoms with Crippen LogP contribution >= 0.6 is 0 Å². The van der Waals surface area contributed by atoms with Gasteiger partial charge in [-0.1, -0.05) is 42.5 Å². The molecule has 3 aromatic rings. The number of allylic oxidation sites excluding steroid dienone is 1. The van der Waals surface area contributed by atoms with Crippen LogP contribution in [-0.2, 0) is 11.8 Å². The third-order valence-corrected chi connectivity index (χ3v) is 4.85. The largest absolute Gasteiger partial charge is 0.378 e. The molecular formula is C22H21N5O. The van der Waals surface area contributed by atoms with Crippen molar-refractivity contribution in [2.45, 2.75) is 0 Å². The summed E-state index contributed by atoms with van der Waals surface area (Å²) in [5.74, 6) is 1.29. The summed E-state index contributed by atoms with van der Waals surface area (Å²) in [7, 11) is 1.88. The van der Waals surface area contributed by atoms with Crippen LogP contribution < -0.4 is 4.90 Å². The highest BCUT2D eigenvalue weighted by molar-refractivity contribution is 5.87. The Kier molecular flexibility index (Phi) is 5.18. The van der Waals surface area contributed by atoms with E-state index in [9.17, 15) is 5.26 Å². The zero-order chi connectivity index (χ0) is 19.3. The SMILES string of the molecule is Cn1c(C(C#N)=Cc2ccc(N3CCOCC3)cc2)nnc1-c1ccccc1. The van der Waals surface area contributed by atoms with Crippen LogP contribution in [0.15, 0.2) is 54.6 Å². The minimum absolute atomic E-state index is 0.483. The fourth-order valence-corrected chi connectivity index (χ4v) is 3.32.